The van der Waals surface area contributed by atoms with E-state index in [4.69, 9.17) is 19.1 Å². The third kappa shape index (κ3) is 39.9. The first-order chi connectivity index (χ1) is 26.7. The minimum absolute atomic E-state index is 0.147. The van der Waals surface area contributed by atoms with Crippen LogP contribution in [0.4, 0.5) is 0 Å². The standard InChI is InChI=1S/C44H79O10P/c1-3-5-7-9-11-13-15-17-18-19-20-21-22-24-26-28-30-32-34-36-44(48)54-42(40-53-55(49,50)52-38-41(46)37-45)39-51-43(47)35-33-31-29-27-25-23-16-14-12-10-8-6-4-2/h11,13,17-18,20-21,24,26,41-42,45-46H,3-10,12,14-16,19,22-23,25,27-40H2,1-2H3,(H,49,50). The zero-order chi connectivity index (χ0) is 40.5. The summed E-state index contributed by atoms with van der Waals surface area (Å²) >= 11 is 0. The SMILES string of the molecule is CCCCCC=CCC=CCC=CCC=CCCCCCC(=O)OC(COC(=O)CCCCCCCCCCCCCCC)COP(=O)(O)OCC(O)CO. The van der Waals surface area contributed by atoms with Gasteiger partial charge in [-0.05, 0) is 57.8 Å². The summed E-state index contributed by atoms with van der Waals surface area (Å²) in [5.74, 6) is -0.960. The molecule has 0 heterocycles. The van der Waals surface area contributed by atoms with E-state index in [1.165, 1.54) is 83.5 Å². The molecule has 0 aliphatic rings. The Bertz CT molecular complexity index is 1060. The highest BCUT2D eigenvalue weighted by Gasteiger charge is 2.27. The minimum atomic E-state index is -4.62. The van der Waals surface area contributed by atoms with E-state index in [1.54, 1.807) is 0 Å². The van der Waals surface area contributed by atoms with Crippen molar-refractivity contribution < 1.29 is 47.8 Å². The van der Waals surface area contributed by atoms with E-state index in [9.17, 15) is 24.2 Å². The van der Waals surface area contributed by atoms with Gasteiger partial charge in [0.05, 0.1) is 19.8 Å². The van der Waals surface area contributed by atoms with Crippen LogP contribution in [0.15, 0.2) is 48.6 Å². The largest absolute Gasteiger partial charge is 0.472 e. The second-order valence-electron chi connectivity index (χ2n) is 14.4. The Morgan fingerprint density at radius 1 is 0.545 bits per heavy atom. The maximum atomic E-state index is 12.6. The summed E-state index contributed by atoms with van der Waals surface area (Å²) in [6, 6.07) is 0. The van der Waals surface area contributed by atoms with E-state index < -0.39 is 51.8 Å². The molecule has 0 saturated heterocycles. The Labute approximate surface area is 334 Å². The second-order valence-corrected chi connectivity index (χ2v) is 15.8. The third-order valence-corrected chi connectivity index (χ3v) is 9.94. The number of rotatable bonds is 40. The van der Waals surface area contributed by atoms with E-state index in [0.29, 0.717) is 12.8 Å². The van der Waals surface area contributed by atoms with E-state index in [0.717, 1.165) is 57.8 Å². The number of carbonyl (C=O) groups excluding carboxylic acids is 2. The number of phosphoric acid groups is 1. The fraction of sp³-hybridized carbons (Fsp3) is 0.773. The van der Waals surface area contributed by atoms with Crippen molar-refractivity contribution in [2.45, 2.75) is 193 Å². The van der Waals surface area contributed by atoms with Gasteiger partial charge in [-0.15, -0.1) is 0 Å². The Balaban J connectivity index is 4.37. The zero-order valence-electron chi connectivity index (χ0n) is 34.6. The summed E-state index contributed by atoms with van der Waals surface area (Å²) in [7, 11) is -4.62. The lowest BCUT2D eigenvalue weighted by molar-refractivity contribution is -0.161. The number of carbonyl (C=O) groups is 2. The van der Waals surface area contributed by atoms with Crippen molar-refractivity contribution in [3.63, 3.8) is 0 Å². The van der Waals surface area contributed by atoms with Gasteiger partial charge in [0.25, 0.3) is 0 Å². The number of unbranched alkanes of at least 4 members (excludes halogenated alkanes) is 18. The molecule has 0 aromatic heterocycles. The molecule has 0 aliphatic heterocycles. The number of hydrogen-bond acceptors (Lipinski definition) is 9. The summed E-state index contributed by atoms with van der Waals surface area (Å²) in [6.45, 7) is 2.31. The molecule has 3 atom stereocenters. The van der Waals surface area contributed by atoms with Gasteiger partial charge in [-0.2, -0.15) is 0 Å². The number of allylic oxidation sites excluding steroid dienone is 8. The Kier molecular flexibility index (Phi) is 38.6. The second kappa shape index (κ2) is 40.1. The first-order valence-corrected chi connectivity index (χ1v) is 23.1. The molecule has 10 nitrogen and oxygen atoms in total. The number of aliphatic hydroxyl groups is 2. The van der Waals surface area contributed by atoms with Crippen molar-refractivity contribution in [1.29, 1.82) is 0 Å². The van der Waals surface area contributed by atoms with Gasteiger partial charge >= 0.3 is 19.8 Å². The van der Waals surface area contributed by atoms with Crippen molar-refractivity contribution in [3.8, 4) is 0 Å². The molecule has 0 aromatic carbocycles. The Morgan fingerprint density at radius 3 is 1.45 bits per heavy atom. The van der Waals surface area contributed by atoms with Gasteiger partial charge in [0.1, 0.15) is 12.7 Å². The molecule has 3 unspecified atom stereocenters. The van der Waals surface area contributed by atoms with Gasteiger partial charge in [0.2, 0.25) is 0 Å². The first kappa shape index (κ1) is 52.9. The maximum Gasteiger partial charge on any atom is 0.472 e. The summed E-state index contributed by atoms with van der Waals surface area (Å²) in [5, 5.41) is 18.3. The highest BCUT2D eigenvalue weighted by Crippen LogP contribution is 2.43. The van der Waals surface area contributed by atoms with Gasteiger partial charge in [-0.25, -0.2) is 4.57 Å². The number of esters is 2. The molecule has 0 radical (unpaired) electrons. The first-order valence-electron chi connectivity index (χ1n) is 21.6. The highest BCUT2D eigenvalue weighted by atomic mass is 31.2. The smallest absolute Gasteiger partial charge is 0.462 e. The van der Waals surface area contributed by atoms with E-state index in [-0.39, 0.29) is 19.4 Å². The molecule has 0 aliphatic carbocycles. The molecule has 11 heteroatoms. The molecule has 0 rings (SSSR count). The zero-order valence-corrected chi connectivity index (χ0v) is 35.5. The monoisotopic (exact) mass is 799 g/mol. The van der Waals surface area contributed by atoms with Crippen LogP contribution in [-0.2, 0) is 32.7 Å². The van der Waals surface area contributed by atoms with Gasteiger partial charge in [0, 0.05) is 12.8 Å². The lowest BCUT2D eigenvalue weighted by atomic mass is 10.0. The van der Waals surface area contributed by atoms with Crippen LogP contribution in [0.2, 0.25) is 0 Å². The molecule has 0 aromatic rings. The molecule has 0 bridgehead atoms. The lowest BCUT2D eigenvalue weighted by Gasteiger charge is -2.20. The average molecular weight is 799 g/mol. The molecule has 0 spiro atoms. The van der Waals surface area contributed by atoms with Crippen molar-refractivity contribution in [1.82, 2.24) is 0 Å². The molecule has 3 N–H and O–H groups in total. The van der Waals surface area contributed by atoms with Gasteiger partial charge in [0.15, 0.2) is 6.10 Å². The normalized spacial score (nSPS) is 14.3. The Hall–Kier alpha value is -2.07. The van der Waals surface area contributed by atoms with Crippen molar-refractivity contribution in [2.75, 3.05) is 26.4 Å². The quantitative estimate of drug-likeness (QED) is 0.0237. The van der Waals surface area contributed by atoms with Crippen LogP contribution in [0, 0.1) is 0 Å². The lowest BCUT2D eigenvalue weighted by Crippen LogP contribution is -2.29. The van der Waals surface area contributed by atoms with Crippen LogP contribution in [0.5, 0.6) is 0 Å². The molecule has 320 valence electrons. The van der Waals surface area contributed by atoms with Crippen LogP contribution < -0.4 is 0 Å². The van der Waals surface area contributed by atoms with Crippen molar-refractivity contribution in [3.05, 3.63) is 48.6 Å². The van der Waals surface area contributed by atoms with Gasteiger partial charge in [-0.3, -0.25) is 18.6 Å². The van der Waals surface area contributed by atoms with Crippen LogP contribution in [0.25, 0.3) is 0 Å². The van der Waals surface area contributed by atoms with E-state index in [1.807, 2.05) is 0 Å². The maximum absolute atomic E-state index is 12.6. The fourth-order valence-corrected chi connectivity index (χ4v) is 6.41. The molecule has 0 fully saturated rings. The molecule has 0 amide bonds. The predicted octanol–water partition coefficient (Wildman–Crippen LogP) is 11.3. The number of ether oxygens (including phenoxy) is 2. The number of aliphatic hydroxyl groups excluding tert-OH is 2. The van der Waals surface area contributed by atoms with Crippen LogP contribution in [-0.4, -0.2) is 65.7 Å². The summed E-state index contributed by atoms with van der Waals surface area (Å²) in [6.07, 6.45) is 42.2. The highest BCUT2D eigenvalue weighted by molar-refractivity contribution is 7.47. The predicted molar refractivity (Wildman–Crippen MR) is 224 cm³/mol. The van der Waals surface area contributed by atoms with E-state index >= 15 is 0 Å². The van der Waals surface area contributed by atoms with Crippen molar-refractivity contribution in [2.24, 2.45) is 0 Å². The molecule has 55 heavy (non-hydrogen) atoms. The van der Waals surface area contributed by atoms with Gasteiger partial charge < -0.3 is 24.6 Å². The van der Waals surface area contributed by atoms with Gasteiger partial charge in [-0.1, -0.05) is 159 Å². The minimum Gasteiger partial charge on any atom is -0.462 e. The molecular weight excluding hydrogens is 719 g/mol. The van der Waals surface area contributed by atoms with E-state index in [2.05, 4.69) is 67.0 Å². The summed E-state index contributed by atoms with van der Waals surface area (Å²) in [5.41, 5.74) is 0. The van der Waals surface area contributed by atoms with Crippen LogP contribution in [0.3, 0.4) is 0 Å². The topological polar surface area (TPSA) is 149 Å². The number of hydrogen-bond donors (Lipinski definition) is 3. The molecule has 0 saturated carbocycles. The van der Waals surface area contributed by atoms with Crippen molar-refractivity contribution >= 4 is 19.8 Å². The average Bonchev–Trinajstić information content (AvgIpc) is 3.17. The van der Waals surface area contributed by atoms with Crippen LogP contribution in [0.1, 0.15) is 181 Å². The molecular formula is C44H79O10P. The fourth-order valence-electron chi connectivity index (χ4n) is 5.62. The third-order valence-electron chi connectivity index (χ3n) is 8.99. The number of phosphoric ester groups is 1. The van der Waals surface area contributed by atoms with Crippen LogP contribution >= 0.6 is 7.82 Å². The summed E-state index contributed by atoms with van der Waals surface area (Å²) < 4.78 is 32.7. The Morgan fingerprint density at radius 2 is 0.945 bits per heavy atom. The summed E-state index contributed by atoms with van der Waals surface area (Å²) in [4.78, 5) is 34.9.